The summed E-state index contributed by atoms with van der Waals surface area (Å²) in [6.45, 7) is 0.417. The lowest BCUT2D eigenvalue weighted by Crippen LogP contribution is -2.28. The van der Waals surface area contributed by atoms with Gasteiger partial charge in [0, 0.05) is 16.7 Å². The standard InChI is InChI=1S/C10H15BrN2O4S/c11-9-2-1-8(12)7-10(9)18(15,16)13-3-5-17-6-4-14/h1-2,7,13-14H,3-6,12H2. The number of hydrogen-bond donors (Lipinski definition) is 3. The van der Waals surface area contributed by atoms with Gasteiger partial charge in [0.25, 0.3) is 0 Å². The first kappa shape index (κ1) is 15.4. The minimum atomic E-state index is -3.62. The van der Waals surface area contributed by atoms with Crippen molar-refractivity contribution >= 4 is 31.6 Å². The number of nitrogens with two attached hydrogens (primary N) is 1. The molecule has 1 aromatic carbocycles. The molecule has 0 heterocycles. The number of benzene rings is 1. The van der Waals surface area contributed by atoms with Gasteiger partial charge in [-0.2, -0.15) is 0 Å². The molecule has 0 aromatic heterocycles. The van der Waals surface area contributed by atoms with E-state index in [9.17, 15) is 8.42 Å². The summed E-state index contributed by atoms with van der Waals surface area (Å²) in [5.41, 5.74) is 5.92. The number of sulfonamides is 1. The van der Waals surface area contributed by atoms with Crippen LogP contribution in [0, 0.1) is 0 Å². The van der Waals surface area contributed by atoms with E-state index >= 15 is 0 Å². The quantitative estimate of drug-likeness (QED) is 0.491. The van der Waals surface area contributed by atoms with Gasteiger partial charge in [0.05, 0.1) is 24.7 Å². The third-order valence-electron chi connectivity index (χ3n) is 2.02. The van der Waals surface area contributed by atoms with Gasteiger partial charge in [0.1, 0.15) is 0 Å². The molecular weight excluding hydrogens is 324 g/mol. The molecule has 0 saturated heterocycles. The van der Waals surface area contributed by atoms with Gasteiger partial charge in [-0.1, -0.05) is 0 Å². The molecule has 0 unspecified atom stereocenters. The van der Waals surface area contributed by atoms with Crippen molar-refractivity contribution in [1.82, 2.24) is 4.72 Å². The lowest BCUT2D eigenvalue weighted by molar-refractivity contribution is 0.0961. The van der Waals surface area contributed by atoms with Crippen LogP contribution in [0.15, 0.2) is 27.6 Å². The molecule has 0 spiro atoms. The van der Waals surface area contributed by atoms with Crippen molar-refractivity contribution in [2.45, 2.75) is 4.90 Å². The molecule has 0 aliphatic heterocycles. The van der Waals surface area contributed by atoms with Crippen molar-refractivity contribution in [2.75, 3.05) is 32.1 Å². The first-order valence-electron chi connectivity index (χ1n) is 5.20. The smallest absolute Gasteiger partial charge is 0.241 e. The molecule has 0 radical (unpaired) electrons. The van der Waals surface area contributed by atoms with Gasteiger partial charge in [-0.15, -0.1) is 0 Å². The second-order valence-electron chi connectivity index (χ2n) is 3.42. The Hall–Kier alpha value is -0.670. The van der Waals surface area contributed by atoms with Crippen LogP contribution in [0.3, 0.4) is 0 Å². The van der Waals surface area contributed by atoms with Crippen molar-refractivity contribution < 1.29 is 18.3 Å². The van der Waals surface area contributed by atoms with Crippen molar-refractivity contribution in [2.24, 2.45) is 0 Å². The molecule has 0 amide bonds. The molecule has 6 nitrogen and oxygen atoms in total. The Bertz CT molecular complexity index is 493. The van der Waals surface area contributed by atoms with E-state index in [2.05, 4.69) is 20.7 Å². The fourth-order valence-corrected chi connectivity index (χ4v) is 3.23. The fraction of sp³-hybridized carbons (Fsp3) is 0.400. The van der Waals surface area contributed by atoms with E-state index in [1.54, 1.807) is 12.1 Å². The number of aliphatic hydroxyl groups is 1. The molecule has 0 aliphatic rings. The lowest BCUT2D eigenvalue weighted by Gasteiger charge is -2.09. The zero-order chi connectivity index (χ0) is 13.6. The summed E-state index contributed by atoms with van der Waals surface area (Å²) in [5.74, 6) is 0. The first-order valence-corrected chi connectivity index (χ1v) is 7.48. The highest BCUT2D eigenvalue weighted by Crippen LogP contribution is 2.23. The predicted molar refractivity (Wildman–Crippen MR) is 71.6 cm³/mol. The first-order chi connectivity index (χ1) is 8.47. The largest absolute Gasteiger partial charge is 0.399 e. The number of nitrogens with one attached hydrogen (secondary N) is 1. The monoisotopic (exact) mass is 338 g/mol. The highest BCUT2D eigenvalue weighted by atomic mass is 79.9. The molecule has 0 saturated carbocycles. The van der Waals surface area contributed by atoms with Gasteiger partial charge in [0.15, 0.2) is 0 Å². The van der Waals surface area contributed by atoms with Crippen LogP contribution in [0.2, 0.25) is 0 Å². The van der Waals surface area contributed by atoms with E-state index in [4.69, 9.17) is 15.6 Å². The topological polar surface area (TPSA) is 102 Å². The van der Waals surface area contributed by atoms with E-state index in [1.807, 2.05) is 0 Å². The normalized spacial score (nSPS) is 11.7. The van der Waals surface area contributed by atoms with Crippen molar-refractivity contribution in [3.8, 4) is 0 Å². The summed E-state index contributed by atoms with van der Waals surface area (Å²) in [5, 5.41) is 8.49. The number of aliphatic hydroxyl groups excluding tert-OH is 1. The number of ether oxygens (including phenoxy) is 1. The van der Waals surface area contributed by atoms with Crippen LogP contribution in [-0.4, -0.2) is 39.9 Å². The third-order valence-corrected chi connectivity index (χ3v) is 4.47. The van der Waals surface area contributed by atoms with Crippen molar-refractivity contribution in [3.05, 3.63) is 22.7 Å². The Kier molecular flexibility index (Phi) is 6.03. The minimum Gasteiger partial charge on any atom is -0.399 e. The molecule has 18 heavy (non-hydrogen) atoms. The maximum atomic E-state index is 11.9. The van der Waals surface area contributed by atoms with Crippen molar-refractivity contribution in [1.29, 1.82) is 0 Å². The molecule has 102 valence electrons. The Morgan fingerprint density at radius 2 is 2.11 bits per heavy atom. The molecule has 8 heteroatoms. The zero-order valence-electron chi connectivity index (χ0n) is 9.60. The summed E-state index contributed by atoms with van der Waals surface area (Å²) in [4.78, 5) is 0.0876. The molecule has 0 bridgehead atoms. The molecule has 0 aliphatic carbocycles. The molecule has 0 atom stereocenters. The summed E-state index contributed by atoms with van der Waals surface area (Å²) in [6, 6.07) is 4.56. The van der Waals surface area contributed by atoms with Gasteiger partial charge >= 0.3 is 0 Å². The van der Waals surface area contributed by atoms with Crippen LogP contribution in [0.1, 0.15) is 0 Å². The van der Waals surface area contributed by atoms with Crippen LogP contribution in [0.25, 0.3) is 0 Å². The third kappa shape index (κ3) is 4.54. The Morgan fingerprint density at radius 1 is 1.39 bits per heavy atom. The second kappa shape index (κ2) is 7.05. The van der Waals surface area contributed by atoms with E-state index in [-0.39, 0.29) is 31.3 Å². The van der Waals surface area contributed by atoms with Crippen LogP contribution in [0.5, 0.6) is 0 Å². The summed E-state index contributed by atoms with van der Waals surface area (Å²) in [7, 11) is -3.62. The van der Waals surface area contributed by atoms with Crippen LogP contribution < -0.4 is 10.5 Å². The fourth-order valence-electron chi connectivity index (χ4n) is 1.22. The van der Waals surface area contributed by atoms with E-state index in [1.165, 1.54) is 6.07 Å². The van der Waals surface area contributed by atoms with Crippen LogP contribution in [0.4, 0.5) is 5.69 Å². The SMILES string of the molecule is Nc1ccc(Br)c(S(=O)(=O)NCCOCCO)c1. The number of anilines is 1. The van der Waals surface area contributed by atoms with Gasteiger partial charge in [-0.25, -0.2) is 13.1 Å². The Labute approximate surface area is 114 Å². The van der Waals surface area contributed by atoms with Gasteiger partial charge < -0.3 is 15.6 Å². The van der Waals surface area contributed by atoms with Gasteiger partial charge in [-0.05, 0) is 34.1 Å². The molecule has 1 rings (SSSR count). The molecular formula is C10H15BrN2O4S. The maximum Gasteiger partial charge on any atom is 0.241 e. The number of halogens is 1. The summed E-state index contributed by atoms with van der Waals surface area (Å²) >= 11 is 3.16. The van der Waals surface area contributed by atoms with Crippen LogP contribution in [-0.2, 0) is 14.8 Å². The molecule has 1 aromatic rings. The lowest BCUT2D eigenvalue weighted by atomic mass is 10.3. The van der Waals surface area contributed by atoms with E-state index < -0.39 is 10.0 Å². The highest BCUT2D eigenvalue weighted by molar-refractivity contribution is 9.10. The molecule has 0 fully saturated rings. The summed E-state index contributed by atoms with van der Waals surface area (Å²) < 4.78 is 31.7. The van der Waals surface area contributed by atoms with E-state index in [0.717, 1.165) is 0 Å². The Balaban J connectivity index is 2.66. The average molecular weight is 339 g/mol. The average Bonchev–Trinajstić information content (AvgIpc) is 2.32. The Morgan fingerprint density at radius 3 is 2.78 bits per heavy atom. The zero-order valence-corrected chi connectivity index (χ0v) is 12.0. The second-order valence-corrected chi connectivity index (χ2v) is 6.01. The van der Waals surface area contributed by atoms with Crippen molar-refractivity contribution in [3.63, 3.8) is 0 Å². The minimum absolute atomic E-state index is 0.0876. The van der Waals surface area contributed by atoms with Crippen LogP contribution >= 0.6 is 15.9 Å². The molecule has 4 N–H and O–H groups in total. The predicted octanol–water partition coefficient (Wildman–Crippen LogP) is 0.318. The number of rotatable bonds is 7. The van der Waals surface area contributed by atoms with Gasteiger partial charge in [-0.3, -0.25) is 0 Å². The summed E-state index contributed by atoms with van der Waals surface area (Å²) in [6.07, 6.45) is 0. The number of hydrogen-bond acceptors (Lipinski definition) is 5. The highest BCUT2D eigenvalue weighted by Gasteiger charge is 2.17. The maximum absolute atomic E-state index is 11.9. The number of nitrogen functional groups attached to an aromatic ring is 1. The van der Waals surface area contributed by atoms with Gasteiger partial charge in [0.2, 0.25) is 10.0 Å². The van der Waals surface area contributed by atoms with E-state index in [0.29, 0.717) is 10.2 Å².